The van der Waals surface area contributed by atoms with Crippen LogP contribution in [-0.4, -0.2) is 36.4 Å². The molecule has 0 radical (unpaired) electrons. The second-order valence-corrected chi connectivity index (χ2v) is 5.39. The minimum absolute atomic E-state index is 0.211. The van der Waals surface area contributed by atoms with Crippen molar-refractivity contribution >= 4 is 17.5 Å². The molecule has 0 saturated carbocycles. The summed E-state index contributed by atoms with van der Waals surface area (Å²) in [4.78, 5) is 24.2. The van der Waals surface area contributed by atoms with Crippen LogP contribution < -0.4 is 20.1 Å². The third kappa shape index (κ3) is 6.08. The van der Waals surface area contributed by atoms with Gasteiger partial charge in [-0.2, -0.15) is 0 Å². The lowest BCUT2D eigenvalue weighted by atomic mass is 10.2. The first kappa shape index (κ1) is 20.9. The molecule has 2 aromatic carbocycles. The maximum atomic E-state index is 12.4. The molecule has 0 aromatic heterocycles. The average Bonchev–Trinajstić information content (AvgIpc) is 2.61. The van der Waals surface area contributed by atoms with Crippen molar-refractivity contribution in [3.63, 3.8) is 0 Å². The molecule has 0 heterocycles. The van der Waals surface area contributed by atoms with Crippen molar-refractivity contribution in [3.05, 3.63) is 48.0 Å². The Morgan fingerprint density at radius 1 is 1.11 bits per heavy atom. The second kappa shape index (κ2) is 8.98. The van der Waals surface area contributed by atoms with E-state index in [-0.39, 0.29) is 11.3 Å². The van der Waals surface area contributed by atoms with Gasteiger partial charge in [-0.15, -0.1) is 13.2 Å². The second-order valence-electron chi connectivity index (χ2n) is 5.39. The summed E-state index contributed by atoms with van der Waals surface area (Å²) in [6, 6.07) is 9.23. The number of rotatable bonds is 7. The largest absolute Gasteiger partial charge is 0.573 e. The molecule has 0 aliphatic heterocycles. The molecule has 0 spiro atoms. The van der Waals surface area contributed by atoms with Crippen LogP contribution in [0.4, 0.5) is 18.9 Å². The van der Waals surface area contributed by atoms with Gasteiger partial charge in [0.1, 0.15) is 11.5 Å². The van der Waals surface area contributed by atoms with Crippen molar-refractivity contribution in [2.24, 2.45) is 0 Å². The highest BCUT2D eigenvalue weighted by atomic mass is 19.4. The van der Waals surface area contributed by atoms with E-state index in [0.29, 0.717) is 18.4 Å². The number of halogens is 3. The van der Waals surface area contributed by atoms with Crippen molar-refractivity contribution in [1.82, 2.24) is 5.32 Å². The monoisotopic (exact) mass is 398 g/mol. The standard InChI is InChI=1S/C18H17F3N2O5/c1-2-27-14-6-4-3-5-12(14)17(26)22-10-16(25)23-13-8-7-11(24)9-15(13)28-18(19,20)21/h3-9,24H,2,10H2,1H3,(H,22,26)(H,23,25). The number of amides is 2. The molecule has 3 N–H and O–H groups in total. The first-order valence-electron chi connectivity index (χ1n) is 8.08. The molecule has 2 aromatic rings. The van der Waals surface area contributed by atoms with Crippen molar-refractivity contribution in [2.45, 2.75) is 13.3 Å². The zero-order valence-corrected chi connectivity index (χ0v) is 14.7. The summed E-state index contributed by atoms with van der Waals surface area (Å²) in [5, 5.41) is 13.9. The molecule has 7 nitrogen and oxygen atoms in total. The van der Waals surface area contributed by atoms with Gasteiger partial charge < -0.3 is 25.2 Å². The number of nitrogens with one attached hydrogen (secondary N) is 2. The molecule has 2 amide bonds. The van der Waals surface area contributed by atoms with Gasteiger partial charge in [-0.1, -0.05) is 12.1 Å². The maximum absolute atomic E-state index is 12.4. The van der Waals surface area contributed by atoms with Crippen molar-refractivity contribution in [3.8, 4) is 17.2 Å². The predicted molar refractivity (Wildman–Crippen MR) is 93.4 cm³/mol. The lowest BCUT2D eigenvalue weighted by molar-refractivity contribution is -0.274. The molecule has 10 heteroatoms. The SMILES string of the molecule is CCOc1ccccc1C(=O)NCC(=O)Nc1ccc(O)cc1OC(F)(F)F. The number of ether oxygens (including phenoxy) is 2. The van der Waals surface area contributed by atoms with Crippen LogP contribution in [0.3, 0.4) is 0 Å². The topological polar surface area (TPSA) is 96.9 Å². The Morgan fingerprint density at radius 3 is 2.50 bits per heavy atom. The third-order valence-electron chi connectivity index (χ3n) is 3.31. The molecule has 2 rings (SSSR count). The van der Waals surface area contributed by atoms with Crippen LogP contribution in [0.1, 0.15) is 17.3 Å². The quantitative estimate of drug-likeness (QED) is 0.623. The molecule has 0 unspecified atom stereocenters. The van der Waals surface area contributed by atoms with Crippen LogP contribution in [0.2, 0.25) is 0 Å². The number of para-hydroxylation sites is 1. The zero-order chi connectivity index (χ0) is 20.7. The number of aromatic hydroxyl groups is 1. The molecular weight excluding hydrogens is 381 g/mol. The van der Waals surface area contributed by atoms with E-state index >= 15 is 0 Å². The van der Waals surface area contributed by atoms with Gasteiger partial charge >= 0.3 is 6.36 Å². The minimum atomic E-state index is -5.01. The van der Waals surface area contributed by atoms with Crippen molar-refractivity contribution < 1.29 is 37.3 Å². The fourth-order valence-corrected chi connectivity index (χ4v) is 2.21. The first-order valence-corrected chi connectivity index (χ1v) is 8.08. The Morgan fingerprint density at radius 2 is 1.82 bits per heavy atom. The van der Waals surface area contributed by atoms with E-state index in [0.717, 1.165) is 12.1 Å². The number of hydrogen-bond acceptors (Lipinski definition) is 5. The molecule has 0 saturated heterocycles. The fraction of sp³-hybridized carbons (Fsp3) is 0.222. The highest BCUT2D eigenvalue weighted by Gasteiger charge is 2.32. The molecule has 150 valence electrons. The van der Waals surface area contributed by atoms with Crippen LogP contribution in [0, 0.1) is 0 Å². The number of alkyl halides is 3. The maximum Gasteiger partial charge on any atom is 0.573 e. The smallest absolute Gasteiger partial charge is 0.508 e. The van der Waals surface area contributed by atoms with E-state index in [2.05, 4.69) is 15.4 Å². The Labute approximate surface area is 158 Å². The van der Waals surface area contributed by atoms with E-state index in [1.807, 2.05) is 0 Å². The molecule has 0 fully saturated rings. The molecular formula is C18H17F3N2O5. The van der Waals surface area contributed by atoms with Crippen LogP contribution in [0.25, 0.3) is 0 Å². The predicted octanol–water partition coefficient (Wildman–Crippen LogP) is 3.06. The highest BCUT2D eigenvalue weighted by Crippen LogP contribution is 2.33. The number of carbonyl (C=O) groups is 2. The molecule has 0 aliphatic carbocycles. The third-order valence-corrected chi connectivity index (χ3v) is 3.31. The van der Waals surface area contributed by atoms with E-state index in [1.54, 1.807) is 25.1 Å². The number of phenolic OH excluding ortho intramolecular Hbond substituents is 1. The van der Waals surface area contributed by atoms with Crippen LogP contribution in [0.5, 0.6) is 17.2 Å². The Balaban J connectivity index is 2.02. The summed E-state index contributed by atoms with van der Waals surface area (Å²) in [5.74, 6) is -2.30. The van der Waals surface area contributed by atoms with Gasteiger partial charge in [-0.3, -0.25) is 9.59 Å². The van der Waals surface area contributed by atoms with Gasteiger partial charge in [-0.05, 0) is 31.2 Å². The summed E-state index contributed by atoms with van der Waals surface area (Å²) in [7, 11) is 0. The van der Waals surface area contributed by atoms with E-state index in [1.165, 1.54) is 6.07 Å². The van der Waals surface area contributed by atoms with Gasteiger partial charge in [0.2, 0.25) is 5.91 Å². The lowest BCUT2D eigenvalue weighted by Crippen LogP contribution is -2.33. The Bertz CT molecular complexity index is 855. The van der Waals surface area contributed by atoms with E-state index in [4.69, 9.17) is 4.74 Å². The number of phenols is 1. The van der Waals surface area contributed by atoms with E-state index in [9.17, 15) is 27.9 Å². The lowest BCUT2D eigenvalue weighted by Gasteiger charge is -2.15. The summed E-state index contributed by atoms with van der Waals surface area (Å²) in [6.07, 6.45) is -5.01. The molecule has 28 heavy (non-hydrogen) atoms. The van der Waals surface area contributed by atoms with Crippen LogP contribution >= 0.6 is 0 Å². The van der Waals surface area contributed by atoms with Crippen molar-refractivity contribution in [2.75, 3.05) is 18.5 Å². The van der Waals surface area contributed by atoms with Crippen LogP contribution in [-0.2, 0) is 4.79 Å². The zero-order valence-electron chi connectivity index (χ0n) is 14.7. The van der Waals surface area contributed by atoms with Gasteiger partial charge in [0.15, 0.2) is 5.75 Å². The number of carbonyl (C=O) groups excluding carboxylic acids is 2. The van der Waals surface area contributed by atoms with Gasteiger partial charge in [0.05, 0.1) is 24.4 Å². The van der Waals surface area contributed by atoms with E-state index < -0.39 is 36.2 Å². The average molecular weight is 398 g/mol. The van der Waals surface area contributed by atoms with Gasteiger partial charge in [0.25, 0.3) is 5.91 Å². The highest BCUT2D eigenvalue weighted by molar-refractivity contribution is 6.01. The van der Waals surface area contributed by atoms with Crippen molar-refractivity contribution in [1.29, 1.82) is 0 Å². The van der Waals surface area contributed by atoms with Crippen LogP contribution in [0.15, 0.2) is 42.5 Å². The summed E-state index contributed by atoms with van der Waals surface area (Å²) in [6.45, 7) is 1.58. The minimum Gasteiger partial charge on any atom is -0.508 e. The summed E-state index contributed by atoms with van der Waals surface area (Å²) in [5.41, 5.74) is -0.105. The number of benzene rings is 2. The number of anilines is 1. The fourth-order valence-electron chi connectivity index (χ4n) is 2.21. The van der Waals surface area contributed by atoms with Gasteiger partial charge in [0, 0.05) is 6.07 Å². The molecule has 0 bridgehead atoms. The number of hydrogen-bond donors (Lipinski definition) is 3. The molecule has 0 atom stereocenters. The molecule has 0 aliphatic rings. The first-order chi connectivity index (χ1) is 13.2. The Kier molecular flexibility index (Phi) is 6.69. The summed E-state index contributed by atoms with van der Waals surface area (Å²) >= 11 is 0. The summed E-state index contributed by atoms with van der Waals surface area (Å²) < 4.78 is 46.4. The normalized spacial score (nSPS) is 10.9. The van der Waals surface area contributed by atoms with Gasteiger partial charge in [-0.25, -0.2) is 0 Å². The Hall–Kier alpha value is -3.43.